The number of benzene rings is 1. The number of ether oxygens (including phenoxy) is 2. The van der Waals surface area contributed by atoms with E-state index < -0.39 is 67.1 Å². The summed E-state index contributed by atoms with van der Waals surface area (Å²) in [7, 11) is 0. The molecular weight excluding hydrogens is 484 g/mol. The van der Waals surface area contributed by atoms with Crippen molar-refractivity contribution < 1.29 is 54.5 Å². The lowest BCUT2D eigenvalue weighted by Gasteiger charge is -2.46. The summed E-state index contributed by atoms with van der Waals surface area (Å²) >= 11 is 0. The number of aromatic nitrogens is 3. The first-order chi connectivity index (χ1) is 17.0. The number of carboxylic acid groups (broad SMARTS) is 2. The molecule has 0 radical (unpaired) electrons. The molecule has 1 aromatic heterocycles. The third kappa shape index (κ3) is 5.95. The third-order valence-corrected chi connectivity index (χ3v) is 5.46. The van der Waals surface area contributed by atoms with E-state index in [1.54, 1.807) is 0 Å². The number of aliphatic carboxylic acids is 2. The van der Waals surface area contributed by atoms with E-state index in [0.717, 1.165) is 11.6 Å². The van der Waals surface area contributed by atoms with Crippen LogP contribution in [0.15, 0.2) is 30.5 Å². The van der Waals surface area contributed by atoms with Crippen LogP contribution >= 0.6 is 0 Å². The average Bonchev–Trinajstić information content (AvgIpc) is 3.27. The number of amides is 1. The van der Waals surface area contributed by atoms with Crippen LogP contribution in [0.2, 0.25) is 0 Å². The minimum Gasteiger partial charge on any atom is -0.480 e. The van der Waals surface area contributed by atoms with Crippen LogP contribution < -0.4 is 10.1 Å². The molecule has 0 saturated carbocycles. The number of rotatable bonds is 10. The summed E-state index contributed by atoms with van der Waals surface area (Å²) in [6.07, 6.45) is -6.15. The fourth-order valence-corrected chi connectivity index (χ4v) is 3.76. The zero-order valence-corrected chi connectivity index (χ0v) is 19.0. The van der Waals surface area contributed by atoms with Crippen molar-refractivity contribution in [3.8, 4) is 17.0 Å². The number of carbonyl (C=O) groups excluding carboxylic acids is 1. The van der Waals surface area contributed by atoms with Gasteiger partial charge in [0.2, 0.25) is 5.91 Å². The maximum absolute atomic E-state index is 12.2. The van der Waals surface area contributed by atoms with Gasteiger partial charge in [-0.15, -0.1) is 5.10 Å². The number of carbonyl (C=O) groups is 3. The first-order valence-electron chi connectivity index (χ1n) is 10.7. The highest BCUT2D eigenvalue weighted by Gasteiger charge is 2.56. The van der Waals surface area contributed by atoms with Crippen molar-refractivity contribution in [2.45, 2.75) is 56.1 Å². The van der Waals surface area contributed by atoms with Crippen LogP contribution in [-0.2, 0) is 25.7 Å². The Morgan fingerprint density at radius 1 is 1.25 bits per heavy atom. The van der Waals surface area contributed by atoms with Crippen molar-refractivity contribution >= 4 is 17.8 Å². The van der Waals surface area contributed by atoms with Crippen LogP contribution in [0.3, 0.4) is 0 Å². The van der Waals surface area contributed by atoms with Gasteiger partial charge in [-0.1, -0.05) is 5.21 Å². The van der Waals surface area contributed by atoms with Crippen molar-refractivity contribution in [1.82, 2.24) is 20.3 Å². The normalized spacial score (nSPS) is 25.5. The topological polar surface area (TPSA) is 234 Å². The van der Waals surface area contributed by atoms with Gasteiger partial charge in [0.25, 0.3) is 0 Å². The number of hydrogen-bond donors (Lipinski definition) is 7. The molecule has 1 amide bonds. The number of aliphatic hydroxyl groups excluding tert-OH is 4. The minimum absolute atomic E-state index is 0.0137. The van der Waals surface area contributed by atoms with Crippen LogP contribution in [0.5, 0.6) is 5.75 Å². The standard InChI is InChI=1S/C21H26N4O11/c1-10(27)22-17-14(28)6-21(20(33)34,36-19(17)18(32)15(29)9-26)35-12-4-2-11(3-5-12)13-7-25(24-23-13)8-16(30)31/h2-5,7,14-15,17-19,26,28-29,32H,6,8-9H2,1H3,(H,22,27)(H,30,31)(H,33,34)/t14-,15+,17+,18-,19+,21+/m0/s1. The molecule has 0 unspecified atom stereocenters. The molecule has 1 aromatic carbocycles. The fraction of sp³-hybridized carbons (Fsp3) is 0.476. The van der Waals surface area contributed by atoms with E-state index in [4.69, 9.17) is 14.6 Å². The Balaban J connectivity index is 1.86. The number of carboxylic acids is 2. The van der Waals surface area contributed by atoms with Crippen LogP contribution in [-0.4, -0.2) is 106 Å². The zero-order valence-electron chi connectivity index (χ0n) is 19.0. The molecule has 15 heteroatoms. The fourth-order valence-electron chi connectivity index (χ4n) is 3.76. The lowest BCUT2D eigenvalue weighted by Crippen LogP contribution is -2.68. The van der Waals surface area contributed by atoms with E-state index in [2.05, 4.69) is 15.6 Å². The lowest BCUT2D eigenvalue weighted by atomic mass is 9.88. The second-order valence-electron chi connectivity index (χ2n) is 8.20. The Kier molecular flexibility index (Phi) is 8.21. The monoisotopic (exact) mass is 510 g/mol. The van der Waals surface area contributed by atoms with Crippen molar-refractivity contribution in [3.05, 3.63) is 30.5 Å². The number of nitrogens with one attached hydrogen (secondary N) is 1. The quantitative estimate of drug-likeness (QED) is 0.176. The molecule has 196 valence electrons. The van der Waals surface area contributed by atoms with Gasteiger partial charge in [0, 0.05) is 12.5 Å². The predicted octanol–water partition coefficient (Wildman–Crippen LogP) is -2.44. The Labute approximate surface area is 203 Å². The summed E-state index contributed by atoms with van der Waals surface area (Å²) in [6, 6.07) is 4.44. The molecule has 1 aliphatic rings. The summed E-state index contributed by atoms with van der Waals surface area (Å²) in [5.41, 5.74) is 0.859. The molecule has 36 heavy (non-hydrogen) atoms. The van der Waals surface area contributed by atoms with Crippen LogP contribution in [0.1, 0.15) is 13.3 Å². The van der Waals surface area contributed by atoms with Crippen LogP contribution in [0, 0.1) is 0 Å². The molecule has 7 N–H and O–H groups in total. The third-order valence-electron chi connectivity index (χ3n) is 5.46. The van der Waals surface area contributed by atoms with Gasteiger partial charge < -0.3 is 45.4 Å². The maximum Gasteiger partial charge on any atom is 0.377 e. The SMILES string of the molecule is CC(=O)N[C@H]1[C@H]([C@@H](O)[C@H](O)CO)O[C@@](Oc2ccc(-c3cn(CC(=O)O)nn3)cc2)(C(=O)O)C[C@@H]1O. The molecule has 15 nitrogen and oxygen atoms in total. The smallest absolute Gasteiger partial charge is 0.377 e. The van der Waals surface area contributed by atoms with E-state index in [9.17, 15) is 39.9 Å². The summed E-state index contributed by atoms with van der Waals surface area (Å²) in [4.78, 5) is 34.6. The molecule has 0 aliphatic carbocycles. The van der Waals surface area contributed by atoms with Gasteiger partial charge in [-0.05, 0) is 24.3 Å². The van der Waals surface area contributed by atoms with Crippen molar-refractivity contribution in [1.29, 1.82) is 0 Å². The summed E-state index contributed by atoms with van der Waals surface area (Å²) in [6.45, 7) is -0.147. The lowest BCUT2D eigenvalue weighted by molar-refractivity contribution is -0.284. The van der Waals surface area contributed by atoms with Crippen LogP contribution in [0.25, 0.3) is 11.3 Å². The molecule has 6 atom stereocenters. The number of aliphatic hydroxyl groups is 4. The molecule has 2 heterocycles. The van der Waals surface area contributed by atoms with Gasteiger partial charge in [-0.2, -0.15) is 0 Å². The summed E-state index contributed by atoms with van der Waals surface area (Å²) in [5, 5.41) is 68.9. The largest absolute Gasteiger partial charge is 0.480 e. The Morgan fingerprint density at radius 2 is 1.92 bits per heavy atom. The second kappa shape index (κ2) is 11.0. The molecular formula is C21H26N4O11. The highest BCUT2D eigenvalue weighted by molar-refractivity contribution is 5.77. The predicted molar refractivity (Wildman–Crippen MR) is 116 cm³/mol. The first-order valence-corrected chi connectivity index (χ1v) is 10.7. The highest BCUT2D eigenvalue weighted by atomic mass is 16.7. The van der Waals surface area contributed by atoms with Crippen molar-refractivity contribution in [2.24, 2.45) is 0 Å². The van der Waals surface area contributed by atoms with Gasteiger partial charge in [-0.25, -0.2) is 9.48 Å². The minimum atomic E-state index is -2.53. The Morgan fingerprint density at radius 3 is 2.47 bits per heavy atom. The van der Waals surface area contributed by atoms with Crippen molar-refractivity contribution in [2.75, 3.05) is 6.61 Å². The van der Waals surface area contributed by atoms with E-state index in [1.807, 2.05) is 0 Å². The molecule has 1 aliphatic heterocycles. The van der Waals surface area contributed by atoms with Gasteiger partial charge >= 0.3 is 17.7 Å². The van der Waals surface area contributed by atoms with Gasteiger partial charge in [0.05, 0.1) is 31.4 Å². The second-order valence-corrected chi connectivity index (χ2v) is 8.20. The summed E-state index contributed by atoms with van der Waals surface area (Å²) < 4.78 is 12.3. The Hall–Kier alpha value is -3.63. The average molecular weight is 510 g/mol. The molecule has 0 spiro atoms. The molecule has 1 saturated heterocycles. The highest BCUT2D eigenvalue weighted by Crippen LogP contribution is 2.35. The van der Waals surface area contributed by atoms with Gasteiger partial charge in [0.15, 0.2) is 0 Å². The first kappa shape index (κ1) is 27.0. The number of hydrogen-bond acceptors (Lipinski definition) is 11. The van der Waals surface area contributed by atoms with E-state index in [-0.39, 0.29) is 12.3 Å². The van der Waals surface area contributed by atoms with Gasteiger partial charge in [0.1, 0.15) is 36.3 Å². The zero-order chi connectivity index (χ0) is 26.6. The Bertz CT molecular complexity index is 1090. The molecule has 0 bridgehead atoms. The molecule has 1 fully saturated rings. The molecule has 2 aromatic rings. The van der Waals surface area contributed by atoms with E-state index in [0.29, 0.717) is 11.3 Å². The number of nitrogens with zero attached hydrogens (tertiary/aromatic N) is 3. The van der Waals surface area contributed by atoms with Crippen molar-refractivity contribution in [3.63, 3.8) is 0 Å². The van der Waals surface area contributed by atoms with Gasteiger partial charge in [-0.3, -0.25) is 9.59 Å². The maximum atomic E-state index is 12.2. The van der Waals surface area contributed by atoms with E-state index in [1.165, 1.54) is 30.5 Å². The summed E-state index contributed by atoms with van der Waals surface area (Å²) in [5.74, 6) is -5.90. The van der Waals surface area contributed by atoms with E-state index >= 15 is 0 Å². The van der Waals surface area contributed by atoms with Crippen LogP contribution in [0.4, 0.5) is 0 Å². The molecule has 3 rings (SSSR count).